The van der Waals surface area contributed by atoms with Crippen molar-refractivity contribution in [2.45, 2.75) is 38.0 Å². The number of rotatable bonds is 4. The molecule has 1 saturated heterocycles. The highest BCUT2D eigenvalue weighted by molar-refractivity contribution is 5.89. The molecule has 1 fully saturated rings. The second kappa shape index (κ2) is 9.12. The molecule has 0 aliphatic carbocycles. The molecule has 4 rings (SSSR count). The monoisotopic (exact) mass is 493 g/mol. The molecule has 0 aromatic carbocycles. The number of nitrogens with zero attached hydrogens (tertiary/aromatic N) is 5. The molecule has 13 heteroatoms. The Kier molecular flexibility index (Phi) is 6.34. The minimum absolute atomic E-state index is 0.0440. The largest absolute Gasteiger partial charge is 0.479 e. The number of nitrogens with one attached hydrogen (secondary N) is 2. The quantitative estimate of drug-likeness (QED) is 0.578. The van der Waals surface area contributed by atoms with Crippen molar-refractivity contribution in [3.8, 4) is 5.88 Å². The van der Waals surface area contributed by atoms with Crippen LogP contribution in [-0.2, 0) is 13.2 Å². The number of aromatic nitrogens is 4. The van der Waals surface area contributed by atoms with E-state index in [2.05, 4.69) is 25.4 Å². The van der Waals surface area contributed by atoms with Gasteiger partial charge in [-0.05, 0) is 31.9 Å². The number of pyridine rings is 2. The molecule has 10 nitrogen and oxygen atoms in total. The van der Waals surface area contributed by atoms with Gasteiger partial charge in [0.05, 0.1) is 29.9 Å². The summed E-state index contributed by atoms with van der Waals surface area (Å²) in [6.07, 6.45) is -0.959. The normalized spacial score (nSPS) is 18.5. The Hall–Kier alpha value is -3.77. The Morgan fingerprint density at radius 1 is 1.34 bits per heavy atom. The highest BCUT2D eigenvalue weighted by Gasteiger charge is 2.33. The second-order valence-corrected chi connectivity index (χ2v) is 8.64. The number of anilines is 2. The summed E-state index contributed by atoms with van der Waals surface area (Å²) in [6.45, 7) is 2.65. The van der Waals surface area contributed by atoms with E-state index in [1.165, 1.54) is 19.1 Å². The van der Waals surface area contributed by atoms with E-state index in [1.54, 1.807) is 13.2 Å². The van der Waals surface area contributed by atoms with Crippen molar-refractivity contribution in [1.29, 1.82) is 0 Å². The summed E-state index contributed by atoms with van der Waals surface area (Å²) in [7, 11) is 4.32. The zero-order valence-corrected chi connectivity index (χ0v) is 19.7. The maximum Gasteiger partial charge on any atom is 0.417 e. The zero-order valence-electron chi connectivity index (χ0n) is 19.7. The van der Waals surface area contributed by atoms with Crippen LogP contribution >= 0.6 is 0 Å². The summed E-state index contributed by atoms with van der Waals surface area (Å²) >= 11 is 0. The fourth-order valence-electron chi connectivity index (χ4n) is 4.39. The number of urea groups is 1. The van der Waals surface area contributed by atoms with Crippen LogP contribution in [0, 0.1) is 0 Å². The van der Waals surface area contributed by atoms with Gasteiger partial charge in [-0.3, -0.25) is 9.89 Å². The summed E-state index contributed by atoms with van der Waals surface area (Å²) in [5.41, 5.74) is -0.647. The van der Waals surface area contributed by atoms with Gasteiger partial charge in [0, 0.05) is 38.9 Å². The summed E-state index contributed by atoms with van der Waals surface area (Å²) < 4.78 is 45.5. The average molecular weight is 493 g/mol. The van der Waals surface area contributed by atoms with Gasteiger partial charge in [0.25, 0.3) is 5.56 Å². The van der Waals surface area contributed by atoms with E-state index in [0.717, 1.165) is 15.6 Å². The molecule has 3 aromatic heterocycles. The van der Waals surface area contributed by atoms with E-state index < -0.39 is 29.0 Å². The van der Waals surface area contributed by atoms with Crippen molar-refractivity contribution in [2.75, 3.05) is 30.9 Å². The molecule has 3 aromatic rings. The molecule has 2 atom stereocenters. The predicted octanol–water partition coefficient (Wildman–Crippen LogP) is 3.21. The SMILES string of the molecule is COc1n[nH]c2ncc(N3CC[C@@H](N(C)C(=O)Nc4cc(C(F)(F)F)cn(C)c4=O)C[C@H]3C)cc12. The van der Waals surface area contributed by atoms with E-state index in [1.807, 2.05) is 13.0 Å². The third kappa shape index (κ3) is 4.75. The summed E-state index contributed by atoms with van der Waals surface area (Å²) in [4.78, 5) is 33.1. The Morgan fingerprint density at radius 2 is 2.09 bits per heavy atom. The third-order valence-corrected chi connectivity index (χ3v) is 6.36. The number of fused-ring (bicyclic) bond motifs is 1. The van der Waals surface area contributed by atoms with Crippen molar-refractivity contribution in [1.82, 2.24) is 24.6 Å². The fourth-order valence-corrected chi connectivity index (χ4v) is 4.39. The van der Waals surface area contributed by atoms with Crippen molar-refractivity contribution in [2.24, 2.45) is 7.05 Å². The van der Waals surface area contributed by atoms with E-state index >= 15 is 0 Å². The van der Waals surface area contributed by atoms with Crippen LogP contribution in [0.15, 0.2) is 29.3 Å². The number of alkyl halides is 3. The number of amides is 2. The van der Waals surface area contributed by atoms with Gasteiger partial charge in [-0.25, -0.2) is 9.78 Å². The van der Waals surface area contributed by atoms with Gasteiger partial charge in [-0.15, -0.1) is 5.10 Å². The van der Waals surface area contributed by atoms with Crippen molar-refractivity contribution < 1.29 is 22.7 Å². The smallest absolute Gasteiger partial charge is 0.417 e. The number of methoxy groups -OCH3 is 1. The Bertz CT molecular complexity index is 1300. The maximum atomic E-state index is 13.1. The van der Waals surface area contributed by atoms with E-state index in [0.29, 0.717) is 43.2 Å². The van der Waals surface area contributed by atoms with Crippen molar-refractivity contribution in [3.05, 3.63) is 40.4 Å². The van der Waals surface area contributed by atoms with Gasteiger partial charge in [-0.1, -0.05) is 0 Å². The zero-order chi connectivity index (χ0) is 25.5. The highest BCUT2D eigenvalue weighted by atomic mass is 19.4. The summed E-state index contributed by atoms with van der Waals surface area (Å²) in [5.74, 6) is 0.453. The molecule has 0 bridgehead atoms. The average Bonchev–Trinajstić information content (AvgIpc) is 3.22. The number of carbonyl (C=O) groups excluding carboxylic acids is 1. The fraction of sp³-hybridized carbons (Fsp3) is 0.455. The number of piperidine rings is 1. The summed E-state index contributed by atoms with van der Waals surface area (Å²) in [6, 6.07) is 1.84. The van der Waals surface area contributed by atoms with Crippen LogP contribution in [0.2, 0.25) is 0 Å². The molecule has 35 heavy (non-hydrogen) atoms. The van der Waals surface area contributed by atoms with Crippen molar-refractivity contribution in [3.63, 3.8) is 0 Å². The van der Waals surface area contributed by atoms with E-state index in [9.17, 15) is 22.8 Å². The van der Waals surface area contributed by atoms with Gasteiger partial charge in [0.2, 0.25) is 5.88 Å². The van der Waals surface area contributed by atoms with Crippen LogP contribution in [0.1, 0.15) is 25.3 Å². The number of aryl methyl sites for hydroxylation is 1. The first-order valence-corrected chi connectivity index (χ1v) is 11.0. The molecule has 0 saturated carbocycles. The van der Waals surface area contributed by atoms with E-state index in [-0.39, 0.29) is 12.1 Å². The molecule has 1 aliphatic heterocycles. The number of halogens is 3. The van der Waals surface area contributed by atoms with Gasteiger partial charge in [0.15, 0.2) is 5.65 Å². The van der Waals surface area contributed by atoms with Crippen LogP contribution < -0.4 is 20.5 Å². The molecular weight excluding hydrogens is 467 g/mol. The van der Waals surface area contributed by atoms with Crippen LogP contribution in [-0.4, -0.2) is 63.5 Å². The Labute approximate surface area is 198 Å². The molecule has 1 aliphatic rings. The predicted molar refractivity (Wildman–Crippen MR) is 124 cm³/mol. The maximum absolute atomic E-state index is 13.1. The molecule has 2 amide bonds. The lowest BCUT2D eigenvalue weighted by Crippen LogP contribution is -2.50. The van der Waals surface area contributed by atoms with Crippen LogP contribution in [0.3, 0.4) is 0 Å². The van der Waals surface area contributed by atoms with Crippen molar-refractivity contribution >= 4 is 28.4 Å². The van der Waals surface area contributed by atoms with Gasteiger partial charge < -0.3 is 24.4 Å². The number of H-pyrrole nitrogens is 1. The number of aromatic amines is 1. The number of carbonyl (C=O) groups is 1. The summed E-state index contributed by atoms with van der Waals surface area (Å²) in [5, 5.41) is 10.0. The first kappa shape index (κ1) is 24.4. The minimum Gasteiger partial charge on any atom is -0.479 e. The minimum atomic E-state index is -4.64. The Balaban J connectivity index is 1.46. The lowest BCUT2D eigenvalue weighted by atomic mass is 9.96. The second-order valence-electron chi connectivity index (χ2n) is 8.64. The molecule has 4 heterocycles. The topological polar surface area (TPSA) is 108 Å². The van der Waals surface area contributed by atoms with Crippen LogP contribution in [0.5, 0.6) is 5.88 Å². The lowest BCUT2D eigenvalue weighted by Gasteiger charge is -2.42. The number of ether oxygens (including phenoxy) is 1. The molecule has 2 N–H and O–H groups in total. The molecule has 0 unspecified atom stereocenters. The van der Waals surface area contributed by atoms with Gasteiger partial charge >= 0.3 is 12.2 Å². The van der Waals surface area contributed by atoms with Gasteiger partial charge in [-0.2, -0.15) is 13.2 Å². The first-order valence-electron chi connectivity index (χ1n) is 11.0. The van der Waals surface area contributed by atoms with Crippen LogP contribution in [0.4, 0.5) is 29.3 Å². The molecule has 0 spiro atoms. The van der Waals surface area contributed by atoms with Gasteiger partial charge in [0.1, 0.15) is 5.69 Å². The third-order valence-electron chi connectivity index (χ3n) is 6.36. The lowest BCUT2D eigenvalue weighted by molar-refractivity contribution is -0.138. The standard InChI is InChI=1S/C22H26F3N7O3/c1-12-7-14(5-6-32(12)15-9-16-18(26-10-15)28-29-19(16)35-4)31(3)21(34)27-17-8-13(22(23,24)25)11-30(2)20(17)33/h8-12,14H,5-7H2,1-4H3,(H,27,34)(H,26,28,29)/t12-,14-/m1/s1. The molecular formula is C22H26F3N7O3. The number of hydrogen-bond acceptors (Lipinski definition) is 6. The van der Waals surface area contributed by atoms with E-state index in [4.69, 9.17) is 4.74 Å². The molecule has 188 valence electrons. The highest BCUT2D eigenvalue weighted by Crippen LogP contribution is 2.31. The first-order chi connectivity index (χ1) is 16.5. The Morgan fingerprint density at radius 3 is 2.74 bits per heavy atom. The molecule has 0 radical (unpaired) electrons. The number of hydrogen-bond donors (Lipinski definition) is 2. The van der Waals surface area contributed by atoms with Crippen LogP contribution in [0.25, 0.3) is 11.0 Å².